The zero-order chi connectivity index (χ0) is 10.2. The van der Waals surface area contributed by atoms with E-state index in [0.29, 0.717) is 0 Å². The summed E-state index contributed by atoms with van der Waals surface area (Å²) in [7, 11) is 0. The molecule has 14 heavy (non-hydrogen) atoms. The summed E-state index contributed by atoms with van der Waals surface area (Å²) >= 11 is 0. The summed E-state index contributed by atoms with van der Waals surface area (Å²) in [6.45, 7) is 8.48. The number of piperazine rings is 1. The van der Waals surface area contributed by atoms with Gasteiger partial charge in [-0.25, -0.2) is 0 Å². The van der Waals surface area contributed by atoms with Crippen molar-refractivity contribution < 1.29 is 5.11 Å². The van der Waals surface area contributed by atoms with Gasteiger partial charge in [-0.2, -0.15) is 0 Å². The molecule has 0 unspecified atom stereocenters. The van der Waals surface area contributed by atoms with Crippen LogP contribution in [0.15, 0.2) is 0 Å². The van der Waals surface area contributed by atoms with E-state index in [4.69, 9.17) is 5.11 Å². The SMILES string of the molecule is CC#CCCN1CCN(CCO)CC1. The Bertz CT molecular complexity index is 199. The maximum Gasteiger partial charge on any atom is 0.0558 e. The molecule has 1 N–H and O–H groups in total. The average molecular weight is 196 g/mol. The van der Waals surface area contributed by atoms with Crippen LogP contribution < -0.4 is 0 Å². The molecule has 1 aliphatic rings. The quantitative estimate of drug-likeness (QED) is 0.642. The molecule has 80 valence electrons. The molecule has 1 saturated heterocycles. The molecule has 0 spiro atoms. The lowest BCUT2D eigenvalue weighted by Gasteiger charge is -2.33. The number of rotatable bonds is 4. The Labute approximate surface area is 86.7 Å². The molecule has 1 fully saturated rings. The van der Waals surface area contributed by atoms with Crippen molar-refractivity contribution in [1.29, 1.82) is 0 Å². The van der Waals surface area contributed by atoms with Gasteiger partial charge in [0, 0.05) is 45.7 Å². The van der Waals surface area contributed by atoms with Crippen LogP contribution in [0.25, 0.3) is 0 Å². The van der Waals surface area contributed by atoms with E-state index in [1.807, 2.05) is 6.92 Å². The molecule has 3 heteroatoms. The largest absolute Gasteiger partial charge is 0.395 e. The zero-order valence-electron chi connectivity index (χ0n) is 9.00. The summed E-state index contributed by atoms with van der Waals surface area (Å²) in [5, 5.41) is 8.78. The molecule has 0 aromatic carbocycles. The van der Waals surface area contributed by atoms with Crippen LogP contribution in [0.1, 0.15) is 13.3 Å². The van der Waals surface area contributed by atoms with Crippen molar-refractivity contribution in [2.75, 3.05) is 45.9 Å². The first-order valence-corrected chi connectivity index (χ1v) is 5.32. The van der Waals surface area contributed by atoms with Gasteiger partial charge in [0.1, 0.15) is 0 Å². The Kier molecular flexibility index (Phi) is 5.62. The lowest BCUT2D eigenvalue weighted by molar-refractivity contribution is 0.114. The van der Waals surface area contributed by atoms with Crippen molar-refractivity contribution in [3.63, 3.8) is 0 Å². The van der Waals surface area contributed by atoms with Gasteiger partial charge in [0.25, 0.3) is 0 Å². The summed E-state index contributed by atoms with van der Waals surface area (Å²) in [4.78, 5) is 4.75. The minimum Gasteiger partial charge on any atom is -0.395 e. The van der Waals surface area contributed by atoms with Crippen LogP contribution in [0.2, 0.25) is 0 Å². The van der Waals surface area contributed by atoms with E-state index in [1.165, 1.54) is 0 Å². The Morgan fingerprint density at radius 2 is 1.64 bits per heavy atom. The maximum absolute atomic E-state index is 8.78. The van der Waals surface area contributed by atoms with Gasteiger partial charge in [-0.15, -0.1) is 11.8 Å². The highest BCUT2D eigenvalue weighted by atomic mass is 16.3. The molecule has 0 aromatic rings. The fourth-order valence-electron chi connectivity index (χ4n) is 1.72. The van der Waals surface area contributed by atoms with E-state index in [1.54, 1.807) is 0 Å². The first kappa shape index (κ1) is 11.5. The second-order valence-corrected chi connectivity index (χ2v) is 3.58. The van der Waals surface area contributed by atoms with E-state index in [0.717, 1.165) is 45.7 Å². The van der Waals surface area contributed by atoms with Crippen LogP contribution >= 0.6 is 0 Å². The summed E-state index contributed by atoms with van der Waals surface area (Å²) in [6, 6.07) is 0. The van der Waals surface area contributed by atoms with Crippen LogP contribution in [0, 0.1) is 11.8 Å². The summed E-state index contributed by atoms with van der Waals surface area (Å²) < 4.78 is 0. The molecular formula is C11H20N2O. The van der Waals surface area contributed by atoms with E-state index < -0.39 is 0 Å². The van der Waals surface area contributed by atoms with Crippen LogP contribution in [0.3, 0.4) is 0 Å². The highest BCUT2D eigenvalue weighted by Crippen LogP contribution is 2.01. The van der Waals surface area contributed by atoms with Crippen molar-refractivity contribution in [2.24, 2.45) is 0 Å². The van der Waals surface area contributed by atoms with Gasteiger partial charge in [-0.05, 0) is 6.92 Å². The standard InChI is InChI=1S/C11H20N2O/c1-2-3-4-5-12-6-8-13(9-7-12)10-11-14/h14H,4-11H2,1H3. The number of nitrogens with zero attached hydrogens (tertiary/aromatic N) is 2. The Morgan fingerprint density at radius 3 is 2.14 bits per heavy atom. The smallest absolute Gasteiger partial charge is 0.0558 e. The maximum atomic E-state index is 8.78. The third kappa shape index (κ3) is 4.10. The Morgan fingerprint density at radius 1 is 1.07 bits per heavy atom. The molecule has 1 heterocycles. The molecule has 0 atom stereocenters. The topological polar surface area (TPSA) is 26.7 Å². The lowest BCUT2D eigenvalue weighted by atomic mass is 10.3. The van der Waals surface area contributed by atoms with Crippen LogP contribution in [-0.4, -0.2) is 60.8 Å². The molecular weight excluding hydrogens is 176 g/mol. The highest BCUT2D eigenvalue weighted by Gasteiger charge is 2.14. The molecule has 1 aliphatic heterocycles. The van der Waals surface area contributed by atoms with Gasteiger partial charge in [0.15, 0.2) is 0 Å². The second kappa shape index (κ2) is 6.83. The summed E-state index contributed by atoms with van der Waals surface area (Å²) in [6.07, 6.45) is 0.983. The molecule has 0 bridgehead atoms. The third-order valence-electron chi connectivity index (χ3n) is 2.61. The molecule has 0 radical (unpaired) electrons. The summed E-state index contributed by atoms with van der Waals surface area (Å²) in [5.74, 6) is 6.00. The number of aliphatic hydroxyl groups excluding tert-OH is 1. The van der Waals surface area contributed by atoms with Crippen LogP contribution in [0.5, 0.6) is 0 Å². The third-order valence-corrected chi connectivity index (χ3v) is 2.61. The number of hydrogen-bond donors (Lipinski definition) is 1. The van der Waals surface area contributed by atoms with Gasteiger partial charge in [-0.1, -0.05) is 0 Å². The minimum absolute atomic E-state index is 0.279. The van der Waals surface area contributed by atoms with E-state index in [-0.39, 0.29) is 6.61 Å². The molecule has 0 amide bonds. The fourth-order valence-corrected chi connectivity index (χ4v) is 1.72. The van der Waals surface area contributed by atoms with Crippen molar-refractivity contribution in [3.05, 3.63) is 0 Å². The van der Waals surface area contributed by atoms with Crippen molar-refractivity contribution in [1.82, 2.24) is 9.80 Å². The number of hydrogen-bond acceptors (Lipinski definition) is 3. The van der Waals surface area contributed by atoms with E-state index >= 15 is 0 Å². The van der Waals surface area contributed by atoms with Gasteiger partial charge in [-0.3, -0.25) is 9.80 Å². The van der Waals surface area contributed by atoms with Gasteiger partial charge in [0.2, 0.25) is 0 Å². The fraction of sp³-hybridized carbons (Fsp3) is 0.818. The van der Waals surface area contributed by atoms with Gasteiger partial charge < -0.3 is 5.11 Å². The molecule has 0 aromatic heterocycles. The Hall–Kier alpha value is -0.560. The van der Waals surface area contributed by atoms with E-state index in [2.05, 4.69) is 21.6 Å². The number of β-amino-alcohol motifs (C(OH)–C–C–N with tert-alkyl or cyclic N) is 1. The van der Waals surface area contributed by atoms with Gasteiger partial charge >= 0.3 is 0 Å². The van der Waals surface area contributed by atoms with Crippen molar-refractivity contribution in [3.8, 4) is 11.8 Å². The normalized spacial score (nSPS) is 19.0. The predicted molar refractivity (Wildman–Crippen MR) is 58.0 cm³/mol. The molecule has 1 rings (SSSR count). The van der Waals surface area contributed by atoms with Crippen molar-refractivity contribution >= 4 is 0 Å². The zero-order valence-corrected chi connectivity index (χ0v) is 9.00. The van der Waals surface area contributed by atoms with E-state index in [9.17, 15) is 0 Å². The van der Waals surface area contributed by atoms with Crippen molar-refractivity contribution in [2.45, 2.75) is 13.3 Å². The highest BCUT2D eigenvalue weighted by molar-refractivity contribution is 4.95. The predicted octanol–water partition coefficient (Wildman–Crippen LogP) is 0.00970. The first-order chi connectivity index (χ1) is 6.86. The molecule has 3 nitrogen and oxygen atoms in total. The van der Waals surface area contributed by atoms with Crippen LogP contribution in [-0.2, 0) is 0 Å². The summed E-state index contributed by atoms with van der Waals surface area (Å²) in [5.41, 5.74) is 0. The second-order valence-electron chi connectivity index (χ2n) is 3.58. The molecule has 0 aliphatic carbocycles. The van der Waals surface area contributed by atoms with Crippen LogP contribution in [0.4, 0.5) is 0 Å². The monoisotopic (exact) mass is 196 g/mol. The number of aliphatic hydroxyl groups is 1. The lowest BCUT2D eigenvalue weighted by Crippen LogP contribution is -2.47. The van der Waals surface area contributed by atoms with Gasteiger partial charge in [0.05, 0.1) is 6.61 Å². The average Bonchev–Trinajstić information content (AvgIpc) is 2.21. The first-order valence-electron chi connectivity index (χ1n) is 5.32. The Balaban J connectivity index is 2.11. The molecule has 0 saturated carbocycles. The minimum atomic E-state index is 0.279.